The molecular weight excluding hydrogens is 268 g/mol. The minimum atomic E-state index is -0.164. The molecule has 120 valence electrons. The van der Waals surface area contributed by atoms with Crippen LogP contribution in [0.1, 0.15) is 52.4 Å². The number of esters is 1. The summed E-state index contributed by atoms with van der Waals surface area (Å²) in [6, 6.07) is 0.188. The van der Waals surface area contributed by atoms with E-state index in [2.05, 4.69) is 10.2 Å². The first kappa shape index (κ1) is 16.3. The average molecular weight is 296 g/mol. The normalized spacial score (nSPS) is 25.5. The smallest absolute Gasteiger partial charge is 0.310 e. The van der Waals surface area contributed by atoms with Gasteiger partial charge in [-0.3, -0.25) is 14.5 Å². The van der Waals surface area contributed by atoms with Gasteiger partial charge in [-0.05, 0) is 46.1 Å². The number of rotatable bonds is 5. The predicted octanol–water partition coefficient (Wildman–Crippen LogP) is 1.71. The third kappa shape index (κ3) is 4.43. The molecule has 0 aromatic rings. The lowest BCUT2D eigenvalue weighted by Gasteiger charge is -2.35. The minimum Gasteiger partial charge on any atom is -0.466 e. The summed E-state index contributed by atoms with van der Waals surface area (Å²) in [5, 5.41) is 3.15. The summed E-state index contributed by atoms with van der Waals surface area (Å²) >= 11 is 0. The highest BCUT2D eigenvalue weighted by Crippen LogP contribution is 2.21. The van der Waals surface area contributed by atoms with E-state index in [1.54, 1.807) is 0 Å². The lowest BCUT2D eigenvalue weighted by Crippen LogP contribution is -2.51. The van der Waals surface area contributed by atoms with Crippen molar-refractivity contribution in [3.63, 3.8) is 0 Å². The van der Waals surface area contributed by atoms with Crippen molar-refractivity contribution in [1.82, 2.24) is 10.2 Å². The number of piperidine rings is 1. The Bertz CT molecular complexity index is 367. The van der Waals surface area contributed by atoms with Crippen molar-refractivity contribution in [2.75, 3.05) is 19.7 Å². The molecule has 5 heteroatoms. The Hall–Kier alpha value is -1.10. The minimum absolute atomic E-state index is 0.0829. The van der Waals surface area contributed by atoms with Crippen LogP contribution in [-0.4, -0.2) is 48.6 Å². The zero-order valence-corrected chi connectivity index (χ0v) is 13.3. The van der Waals surface area contributed by atoms with E-state index in [1.165, 1.54) is 12.8 Å². The molecule has 2 rings (SSSR count). The number of hydrogen-bond donors (Lipinski definition) is 1. The molecule has 0 aromatic heterocycles. The topological polar surface area (TPSA) is 58.6 Å². The second kappa shape index (κ2) is 7.78. The number of amides is 1. The molecule has 2 aliphatic rings. The van der Waals surface area contributed by atoms with E-state index in [4.69, 9.17) is 4.74 Å². The molecule has 1 amide bonds. The van der Waals surface area contributed by atoms with Gasteiger partial charge < -0.3 is 10.1 Å². The van der Waals surface area contributed by atoms with Gasteiger partial charge in [-0.2, -0.15) is 0 Å². The maximum Gasteiger partial charge on any atom is 0.310 e. The molecule has 2 atom stereocenters. The van der Waals surface area contributed by atoms with Gasteiger partial charge in [0.15, 0.2) is 0 Å². The average Bonchev–Trinajstić information content (AvgIpc) is 2.99. The first-order valence-electron chi connectivity index (χ1n) is 8.33. The van der Waals surface area contributed by atoms with Crippen molar-refractivity contribution in [2.45, 2.75) is 64.5 Å². The number of nitrogens with zero attached hydrogens (tertiary/aromatic N) is 1. The predicted molar refractivity (Wildman–Crippen MR) is 80.8 cm³/mol. The summed E-state index contributed by atoms with van der Waals surface area (Å²) in [5.41, 5.74) is 0. The summed E-state index contributed by atoms with van der Waals surface area (Å²) in [5.74, 6) is -0.0996. The molecule has 2 fully saturated rings. The molecule has 1 saturated heterocycles. The number of likely N-dealkylation sites (tertiary alicyclic amines) is 1. The molecule has 0 spiro atoms. The first-order chi connectivity index (χ1) is 10.1. The van der Waals surface area contributed by atoms with Crippen molar-refractivity contribution in [2.24, 2.45) is 5.92 Å². The zero-order valence-electron chi connectivity index (χ0n) is 13.3. The molecule has 1 aliphatic heterocycles. The van der Waals surface area contributed by atoms with Gasteiger partial charge in [0.1, 0.15) is 0 Å². The zero-order chi connectivity index (χ0) is 15.2. The van der Waals surface area contributed by atoms with Crippen LogP contribution in [0, 0.1) is 5.92 Å². The van der Waals surface area contributed by atoms with Crippen molar-refractivity contribution in [1.29, 1.82) is 0 Å². The Morgan fingerprint density at radius 1 is 1.24 bits per heavy atom. The fourth-order valence-electron chi connectivity index (χ4n) is 3.37. The van der Waals surface area contributed by atoms with Crippen LogP contribution < -0.4 is 5.32 Å². The third-order valence-corrected chi connectivity index (χ3v) is 4.70. The van der Waals surface area contributed by atoms with Crippen LogP contribution in [0.15, 0.2) is 0 Å². The second-order valence-corrected chi connectivity index (χ2v) is 6.25. The SMILES string of the molecule is CCOC(=O)C1CCCN(C(C)C(=O)NC2CCCC2)C1. The monoisotopic (exact) mass is 296 g/mol. The Balaban J connectivity index is 1.84. The van der Waals surface area contributed by atoms with Gasteiger partial charge in [0.05, 0.1) is 18.6 Å². The van der Waals surface area contributed by atoms with Crippen molar-refractivity contribution < 1.29 is 14.3 Å². The summed E-state index contributed by atoms with van der Waals surface area (Å²) in [6.07, 6.45) is 6.45. The summed E-state index contributed by atoms with van der Waals surface area (Å²) < 4.78 is 5.11. The molecule has 21 heavy (non-hydrogen) atoms. The Morgan fingerprint density at radius 3 is 2.62 bits per heavy atom. The highest BCUT2D eigenvalue weighted by molar-refractivity contribution is 5.81. The van der Waals surface area contributed by atoms with Gasteiger partial charge in [0, 0.05) is 12.6 Å². The van der Waals surface area contributed by atoms with Crippen LogP contribution in [0.2, 0.25) is 0 Å². The number of carbonyl (C=O) groups is 2. The lowest BCUT2D eigenvalue weighted by atomic mass is 9.97. The number of hydrogen-bond acceptors (Lipinski definition) is 4. The van der Waals surface area contributed by atoms with Crippen molar-refractivity contribution in [3.8, 4) is 0 Å². The highest BCUT2D eigenvalue weighted by atomic mass is 16.5. The van der Waals surface area contributed by atoms with Crippen molar-refractivity contribution >= 4 is 11.9 Å². The molecule has 1 heterocycles. The van der Waals surface area contributed by atoms with Crippen LogP contribution >= 0.6 is 0 Å². The molecule has 0 radical (unpaired) electrons. The third-order valence-electron chi connectivity index (χ3n) is 4.70. The lowest BCUT2D eigenvalue weighted by molar-refractivity contribution is -0.151. The van der Waals surface area contributed by atoms with Crippen LogP contribution in [0.3, 0.4) is 0 Å². The number of nitrogens with one attached hydrogen (secondary N) is 1. The quantitative estimate of drug-likeness (QED) is 0.785. The van der Waals surface area contributed by atoms with E-state index < -0.39 is 0 Å². The van der Waals surface area contributed by atoms with E-state index in [0.29, 0.717) is 19.2 Å². The molecule has 0 bridgehead atoms. The van der Waals surface area contributed by atoms with Gasteiger partial charge in [-0.15, -0.1) is 0 Å². The summed E-state index contributed by atoms with van der Waals surface area (Å²) in [7, 11) is 0. The van der Waals surface area contributed by atoms with E-state index in [1.807, 2.05) is 13.8 Å². The molecule has 1 saturated carbocycles. The second-order valence-electron chi connectivity index (χ2n) is 6.25. The molecule has 1 N–H and O–H groups in total. The van der Waals surface area contributed by atoms with Crippen LogP contribution in [-0.2, 0) is 14.3 Å². The molecule has 5 nitrogen and oxygen atoms in total. The van der Waals surface area contributed by atoms with Gasteiger partial charge in [0.25, 0.3) is 0 Å². The fourth-order valence-corrected chi connectivity index (χ4v) is 3.37. The van der Waals surface area contributed by atoms with Crippen LogP contribution in [0.4, 0.5) is 0 Å². The van der Waals surface area contributed by atoms with Gasteiger partial charge in [-0.25, -0.2) is 0 Å². The Morgan fingerprint density at radius 2 is 1.95 bits per heavy atom. The van der Waals surface area contributed by atoms with Crippen molar-refractivity contribution in [3.05, 3.63) is 0 Å². The van der Waals surface area contributed by atoms with Gasteiger partial charge >= 0.3 is 5.97 Å². The Kier molecular flexibility index (Phi) is 6.03. The molecule has 0 aromatic carbocycles. The largest absolute Gasteiger partial charge is 0.466 e. The number of carbonyl (C=O) groups excluding carboxylic acids is 2. The van der Waals surface area contributed by atoms with E-state index in [9.17, 15) is 9.59 Å². The summed E-state index contributed by atoms with van der Waals surface area (Å²) in [6.45, 7) is 5.72. The molecule has 2 unspecified atom stereocenters. The fraction of sp³-hybridized carbons (Fsp3) is 0.875. The first-order valence-corrected chi connectivity index (χ1v) is 8.33. The van der Waals surface area contributed by atoms with Gasteiger partial charge in [0.2, 0.25) is 5.91 Å². The van der Waals surface area contributed by atoms with E-state index >= 15 is 0 Å². The summed E-state index contributed by atoms with van der Waals surface area (Å²) in [4.78, 5) is 26.3. The number of ether oxygens (including phenoxy) is 1. The molecule has 1 aliphatic carbocycles. The van der Waals surface area contributed by atoms with Crippen LogP contribution in [0.25, 0.3) is 0 Å². The highest BCUT2D eigenvalue weighted by Gasteiger charge is 2.32. The van der Waals surface area contributed by atoms with E-state index in [0.717, 1.165) is 32.2 Å². The Labute approximate surface area is 127 Å². The van der Waals surface area contributed by atoms with E-state index in [-0.39, 0.29) is 23.8 Å². The maximum atomic E-state index is 12.3. The standard InChI is InChI=1S/C16H28N2O3/c1-3-21-16(20)13-7-6-10-18(11-13)12(2)15(19)17-14-8-4-5-9-14/h12-14H,3-11H2,1-2H3,(H,17,19). The molecular formula is C16H28N2O3. The van der Waals surface area contributed by atoms with Gasteiger partial charge in [-0.1, -0.05) is 12.8 Å². The maximum absolute atomic E-state index is 12.3. The van der Waals surface area contributed by atoms with Crippen LogP contribution in [0.5, 0.6) is 0 Å².